The fourth-order valence-electron chi connectivity index (χ4n) is 6.00. The number of aliphatic hydroxyl groups is 1. The van der Waals surface area contributed by atoms with Gasteiger partial charge in [-0.15, -0.1) is 0 Å². The number of nitrogens with zero attached hydrogens (tertiary/aromatic N) is 9. The topological polar surface area (TPSA) is 216 Å². The fraction of sp³-hybridized carbons (Fsp3) is 0.175. The van der Waals surface area contributed by atoms with Crippen molar-refractivity contribution in [2.75, 3.05) is 30.3 Å². The van der Waals surface area contributed by atoms with Gasteiger partial charge >= 0.3 is 0 Å². The van der Waals surface area contributed by atoms with Crippen molar-refractivity contribution in [2.45, 2.75) is 25.9 Å². The van der Waals surface area contributed by atoms with Crippen LogP contribution < -0.4 is 10.6 Å². The molecule has 292 valence electrons. The van der Waals surface area contributed by atoms with Crippen LogP contribution in [0, 0.1) is 11.3 Å². The zero-order chi connectivity index (χ0) is 40.4. The molecule has 8 aromatic rings. The Balaban J connectivity index is 0.000000177. The molecule has 0 saturated heterocycles. The van der Waals surface area contributed by atoms with Crippen LogP contribution in [0.15, 0.2) is 106 Å². The quantitative estimate of drug-likeness (QED) is 0.0681. The second-order valence-electron chi connectivity index (χ2n) is 12.6. The van der Waals surface area contributed by atoms with Crippen LogP contribution in [-0.2, 0) is 13.1 Å². The first-order chi connectivity index (χ1) is 28.3. The molecule has 58 heavy (non-hydrogen) atoms. The van der Waals surface area contributed by atoms with Gasteiger partial charge in [-0.05, 0) is 99.8 Å². The maximum absolute atomic E-state index is 12.9. The number of Topliss-reactive ketones (excluding diaryl/α,β-unsaturated/α-hetero) is 2. The molecule has 4 aromatic heterocycles. The molecule has 0 atom stereocenters. The first kappa shape index (κ1) is 39.3. The Morgan fingerprint density at radius 3 is 1.55 bits per heavy atom. The van der Waals surface area contributed by atoms with Crippen molar-refractivity contribution >= 4 is 68.5 Å². The van der Waals surface area contributed by atoms with E-state index in [1.54, 1.807) is 57.7 Å². The number of nitriles is 1. The number of carbonyl (C=O) groups excluding carboxylic acids is 2. The van der Waals surface area contributed by atoms with Gasteiger partial charge in [0.1, 0.15) is 0 Å². The molecule has 0 aliphatic heterocycles. The first-order valence-electron chi connectivity index (χ1n) is 17.9. The van der Waals surface area contributed by atoms with Crippen molar-refractivity contribution in [2.24, 2.45) is 0 Å². The van der Waals surface area contributed by atoms with Crippen molar-refractivity contribution in [3.63, 3.8) is 0 Å². The lowest BCUT2D eigenvalue weighted by molar-refractivity contribution is 0.0966. The highest BCUT2D eigenvalue weighted by Gasteiger charge is 2.24. The van der Waals surface area contributed by atoms with Gasteiger partial charge in [0.05, 0.1) is 47.6 Å². The van der Waals surface area contributed by atoms with E-state index in [1.165, 1.54) is 0 Å². The molecule has 0 radical (unpaired) electrons. The standard InChI is InChI=1S/C20H15ClN6O2.C20H18ClN5O3/c21-14-8-6-13(7-9-14)17(28)12-27-16-5-2-1-4-15(16)24-20(27)18-19(26-29-25-18)23-11-3-10-22;21-14-8-6-13(7-9-14)17(28)12-26-16-5-2-1-4-15(16)23-20(26)18-19(25-29-24-18)22-10-3-11-27/h1-2,4-9H,3,11-12H2,(H,23,26);1-2,4-9,27H,3,10-12H2,(H,22,25). The normalized spacial score (nSPS) is 10.9. The smallest absolute Gasteiger partial charge is 0.202 e. The summed E-state index contributed by atoms with van der Waals surface area (Å²) in [6.07, 6.45) is 0.857. The number of aliphatic hydroxyl groups excluding tert-OH is 1. The summed E-state index contributed by atoms with van der Waals surface area (Å²) in [5, 5.41) is 40.7. The minimum Gasteiger partial charge on any atom is -0.396 e. The van der Waals surface area contributed by atoms with E-state index in [2.05, 4.69) is 47.3 Å². The highest BCUT2D eigenvalue weighted by Crippen LogP contribution is 2.30. The molecule has 0 aliphatic rings. The number of nitrogens with one attached hydrogen (secondary N) is 2. The summed E-state index contributed by atoms with van der Waals surface area (Å²) in [4.78, 5) is 35.0. The van der Waals surface area contributed by atoms with Crippen LogP contribution >= 0.6 is 23.2 Å². The molecule has 3 N–H and O–H groups in total. The van der Waals surface area contributed by atoms with E-state index in [0.29, 0.717) is 81.8 Å². The van der Waals surface area contributed by atoms with Gasteiger partial charge in [0.2, 0.25) is 11.6 Å². The number of aromatic nitrogens is 8. The maximum atomic E-state index is 12.9. The highest BCUT2D eigenvalue weighted by atomic mass is 35.5. The van der Waals surface area contributed by atoms with E-state index < -0.39 is 0 Å². The van der Waals surface area contributed by atoms with E-state index in [-0.39, 0.29) is 31.3 Å². The van der Waals surface area contributed by atoms with Gasteiger partial charge < -0.3 is 24.9 Å². The Bertz CT molecular complexity index is 2720. The molecule has 4 heterocycles. The molecule has 0 saturated carbocycles. The Labute approximate surface area is 340 Å². The van der Waals surface area contributed by atoms with Gasteiger partial charge in [0, 0.05) is 40.9 Å². The predicted molar refractivity (Wildman–Crippen MR) is 217 cm³/mol. The van der Waals surface area contributed by atoms with Gasteiger partial charge in [0.15, 0.2) is 34.6 Å². The van der Waals surface area contributed by atoms with E-state index in [4.69, 9.17) is 42.8 Å². The van der Waals surface area contributed by atoms with Crippen LogP contribution in [-0.4, -0.2) is 76.1 Å². The third kappa shape index (κ3) is 8.87. The Morgan fingerprint density at radius 1 is 0.655 bits per heavy atom. The number of fused-ring (bicyclic) bond motifs is 2. The van der Waals surface area contributed by atoms with Crippen LogP contribution in [0.5, 0.6) is 0 Å². The van der Waals surface area contributed by atoms with E-state index >= 15 is 0 Å². The van der Waals surface area contributed by atoms with Gasteiger partial charge in [-0.25, -0.2) is 19.2 Å². The van der Waals surface area contributed by atoms with Crippen molar-refractivity contribution in [1.82, 2.24) is 39.7 Å². The second-order valence-corrected chi connectivity index (χ2v) is 13.5. The number of rotatable bonds is 15. The molecule has 16 nitrogen and oxygen atoms in total. The summed E-state index contributed by atoms with van der Waals surface area (Å²) < 4.78 is 13.4. The molecule has 0 bridgehead atoms. The Kier molecular flexibility index (Phi) is 12.4. The molecule has 0 amide bonds. The maximum Gasteiger partial charge on any atom is 0.202 e. The number of halogens is 2. The Morgan fingerprint density at radius 2 is 1.10 bits per heavy atom. The largest absolute Gasteiger partial charge is 0.396 e. The van der Waals surface area contributed by atoms with Gasteiger partial charge in [-0.3, -0.25) is 9.59 Å². The van der Waals surface area contributed by atoms with Crippen LogP contribution in [0.3, 0.4) is 0 Å². The number of hydrogen-bond acceptors (Lipinski definition) is 14. The lowest BCUT2D eigenvalue weighted by Gasteiger charge is -2.08. The van der Waals surface area contributed by atoms with E-state index in [1.807, 2.05) is 48.5 Å². The molecular formula is C40H33Cl2N11O5. The number of para-hydroxylation sites is 4. The number of carbonyl (C=O) groups is 2. The van der Waals surface area contributed by atoms with Crippen molar-refractivity contribution in [3.8, 4) is 29.1 Å². The Hall–Kier alpha value is -6.93. The molecule has 0 spiro atoms. The average molecular weight is 819 g/mol. The molecule has 0 aliphatic carbocycles. The highest BCUT2D eigenvalue weighted by molar-refractivity contribution is 6.31. The molecule has 8 rings (SSSR count). The number of ketones is 2. The zero-order valence-electron chi connectivity index (χ0n) is 30.5. The van der Waals surface area contributed by atoms with Crippen LogP contribution in [0.25, 0.3) is 45.1 Å². The third-order valence-electron chi connectivity index (χ3n) is 8.80. The summed E-state index contributed by atoms with van der Waals surface area (Å²) in [5.41, 5.74) is 4.92. The summed E-state index contributed by atoms with van der Waals surface area (Å²) in [6.45, 7) is 1.08. The minimum absolute atomic E-state index is 0.0573. The zero-order valence-corrected chi connectivity index (χ0v) is 32.1. The predicted octanol–water partition coefficient (Wildman–Crippen LogP) is 7.37. The molecule has 0 fully saturated rings. The SMILES string of the molecule is N#CCCNc1nonc1-c1nc2ccccc2n1CC(=O)c1ccc(Cl)cc1.O=C(Cn1c(-c2nonc2NCCCO)nc2ccccc21)c1ccc(Cl)cc1. The van der Waals surface area contributed by atoms with Crippen LogP contribution in [0.1, 0.15) is 33.6 Å². The monoisotopic (exact) mass is 817 g/mol. The van der Waals surface area contributed by atoms with Crippen molar-refractivity contribution in [1.29, 1.82) is 5.26 Å². The number of imidazole rings is 2. The average Bonchev–Trinajstić information content (AvgIpc) is 4.05. The fourth-order valence-corrected chi connectivity index (χ4v) is 6.25. The molecular weight excluding hydrogens is 785 g/mol. The van der Waals surface area contributed by atoms with E-state index in [9.17, 15) is 9.59 Å². The summed E-state index contributed by atoms with van der Waals surface area (Å²) in [7, 11) is 0. The van der Waals surface area contributed by atoms with Crippen molar-refractivity contribution in [3.05, 3.63) is 118 Å². The second kappa shape index (κ2) is 18.3. The van der Waals surface area contributed by atoms with Gasteiger partial charge in [-0.2, -0.15) is 5.26 Å². The molecule has 4 aromatic carbocycles. The summed E-state index contributed by atoms with van der Waals surface area (Å²) in [5.74, 6) is 1.53. The minimum atomic E-state index is -0.0958. The number of hydrogen-bond donors (Lipinski definition) is 3. The lowest BCUT2D eigenvalue weighted by atomic mass is 10.1. The van der Waals surface area contributed by atoms with Crippen molar-refractivity contribution < 1.29 is 24.0 Å². The first-order valence-corrected chi connectivity index (χ1v) is 18.7. The molecule has 18 heteroatoms. The number of benzene rings is 4. The lowest BCUT2D eigenvalue weighted by Crippen LogP contribution is -2.12. The van der Waals surface area contributed by atoms with Gasteiger partial charge in [0.25, 0.3) is 0 Å². The summed E-state index contributed by atoms with van der Waals surface area (Å²) >= 11 is 11.8. The molecule has 0 unspecified atom stereocenters. The van der Waals surface area contributed by atoms with E-state index in [0.717, 1.165) is 22.1 Å². The van der Waals surface area contributed by atoms with Crippen LogP contribution in [0.2, 0.25) is 10.0 Å². The van der Waals surface area contributed by atoms with Crippen LogP contribution in [0.4, 0.5) is 11.6 Å². The van der Waals surface area contributed by atoms with Gasteiger partial charge in [-0.1, -0.05) is 47.5 Å². The number of anilines is 2. The summed E-state index contributed by atoms with van der Waals surface area (Å²) in [6, 6.07) is 30.6. The third-order valence-corrected chi connectivity index (χ3v) is 9.31.